The summed E-state index contributed by atoms with van der Waals surface area (Å²) in [7, 11) is 0. The van der Waals surface area contributed by atoms with Crippen LogP contribution in [-0.4, -0.2) is 42.3 Å². The van der Waals surface area contributed by atoms with Gasteiger partial charge in [0.2, 0.25) is 0 Å². The van der Waals surface area contributed by atoms with E-state index in [0.29, 0.717) is 11.6 Å². The van der Waals surface area contributed by atoms with Gasteiger partial charge in [-0.2, -0.15) is 10.2 Å². The quantitative estimate of drug-likeness (QED) is 0.930. The monoisotopic (exact) mass is 342 g/mol. The lowest BCUT2D eigenvalue weighted by Gasteiger charge is -2.33. The van der Waals surface area contributed by atoms with Gasteiger partial charge in [-0.3, -0.25) is 14.6 Å². The lowest BCUT2D eigenvalue weighted by Crippen LogP contribution is -2.39. The molecule has 7 heteroatoms. The second-order valence-electron chi connectivity index (χ2n) is 8.19. The maximum absolute atomic E-state index is 13.2. The molecule has 3 heterocycles. The van der Waals surface area contributed by atoms with Gasteiger partial charge >= 0.3 is 0 Å². The Hall–Kier alpha value is -2.18. The van der Waals surface area contributed by atoms with Gasteiger partial charge in [-0.1, -0.05) is 0 Å². The molecular weight excluding hydrogens is 316 g/mol. The molecule has 134 valence electrons. The van der Waals surface area contributed by atoms with Crippen LogP contribution in [0, 0.1) is 0 Å². The summed E-state index contributed by atoms with van der Waals surface area (Å²) >= 11 is 0. The second-order valence-corrected chi connectivity index (χ2v) is 8.19. The number of H-pyrrole nitrogens is 1. The Morgan fingerprint density at radius 1 is 1.24 bits per heavy atom. The number of piperidine rings is 1. The van der Waals surface area contributed by atoms with Crippen LogP contribution in [0.3, 0.4) is 0 Å². The van der Waals surface area contributed by atoms with Crippen molar-refractivity contribution in [1.29, 1.82) is 0 Å². The van der Waals surface area contributed by atoms with Crippen LogP contribution in [0.4, 0.5) is 0 Å². The fourth-order valence-electron chi connectivity index (χ4n) is 3.69. The van der Waals surface area contributed by atoms with Crippen molar-refractivity contribution in [2.24, 2.45) is 0 Å². The van der Waals surface area contributed by atoms with Crippen molar-refractivity contribution in [2.75, 3.05) is 6.54 Å². The molecule has 25 heavy (non-hydrogen) atoms. The summed E-state index contributed by atoms with van der Waals surface area (Å²) in [6.45, 7) is 7.15. The van der Waals surface area contributed by atoms with Crippen LogP contribution in [-0.2, 0) is 5.54 Å². The summed E-state index contributed by atoms with van der Waals surface area (Å²) in [4.78, 5) is 19.4. The molecular formula is C18H26N6O. The topological polar surface area (TPSA) is 79.7 Å². The largest absolute Gasteiger partial charge is 0.327 e. The van der Waals surface area contributed by atoms with Crippen LogP contribution in [0.15, 0.2) is 12.4 Å². The highest BCUT2D eigenvalue weighted by atomic mass is 16.2. The molecule has 1 saturated heterocycles. The van der Waals surface area contributed by atoms with Crippen molar-refractivity contribution in [3.8, 4) is 0 Å². The molecule has 0 radical (unpaired) electrons. The van der Waals surface area contributed by atoms with Crippen LogP contribution in [0.25, 0.3) is 0 Å². The molecule has 2 aromatic heterocycles. The van der Waals surface area contributed by atoms with E-state index in [-0.39, 0.29) is 17.5 Å². The molecule has 2 fully saturated rings. The number of hydrogen-bond acceptors (Lipinski definition) is 4. The Morgan fingerprint density at radius 2 is 2.04 bits per heavy atom. The first-order valence-corrected chi connectivity index (χ1v) is 9.22. The highest BCUT2D eigenvalue weighted by Crippen LogP contribution is 2.42. The fourth-order valence-corrected chi connectivity index (χ4v) is 3.69. The van der Waals surface area contributed by atoms with E-state index in [1.807, 2.05) is 15.6 Å². The number of carbonyl (C=O) groups excluding carboxylic acids is 1. The highest BCUT2D eigenvalue weighted by Gasteiger charge is 2.36. The molecule has 1 atom stereocenters. The van der Waals surface area contributed by atoms with Gasteiger partial charge in [0.1, 0.15) is 12.2 Å². The van der Waals surface area contributed by atoms with Gasteiger partial charge in [-0.15, -0.1) is 0 Å². The number of aromatic nitrogens is 5. The lowest BCUT2D eigenvalue weighted by atomic mass is 10.0. The Balaban J connectivity index is 1.65. The van der Waals surface area contributed by atoms with Gasteiger partial charge in [0, 0.05) is 18.2 Å². The molecule has 1 aliphatic heterocycles. The summed E-state index contributed by atoms with van der Waals surface area (Å²) in [5, 5.41) is 11.6. The van der Waals surface area contributed by atoms with Crippen molar-refractivity contribution in [3.05, 3.63) is 29.6 Å². The molecule has 0 spiro atoms. The predicted molar refractivity (Wildman–Crippen MR) is 93.2 cm³/mol. The smallest absolute Gasteiger partial charge is 0.274 e. The molecule has 1 amide bonds. The van der Waals surface area contributed by atoms with Gasteiger partial charge < -0.3 is 4.90 Å². The van der Waals surface area contributed by atoms with E-state index in [1.165, 1.54) is 24.9 Å². The Morgan fingerprint density at radius 3 is 2.68 bits per heavy atom. The third-order valence-corrected chi connectivity index (χ3v) is 5.10. The molecule has 1 N–H and O–H groups in total. The van der Waals surface area contributed by atoms with E-state index >= 15 is 0 Å². The number of hydrogen-bond donors (Lipinski definition) is 1. The van der Waals surface area contributed by atoms with Crippen LogP contribution in [0.5, 0.6) is 0 Å². The van der Waals surface area contributed by atoms with Crippen molar-refractivity contribution in [3.63, 3.8) is 0 Å². The van der Waals surface area contributed by atoms with E-state index in [0.717, 1.165) is 31.6 Å². The van der Waals surface area contributed by atoms with Crippen molar-refractivity contribution < 1.29 is 4.79 Å². The van der Waals surface area contributed by atoms with E-state index in [2.05, 4.69) is 36.0 Å². The van der Waals surface area contributed by atoms with Gasteiger partial charge in [0.25, 0.3) is 5.91 Å². The zero-order chi connectivity index (χ0) is 17.6. The maximum atomic E-state index is 13.2. The first-order chi connectivity index (χ1) is 11.9. The number of aromatic amines is 1. The standard InChI is InChI=1S/C18H26N6O/c1-18(2,3)24-15(12-7-8-12)10-13(22-24)17(25)23-9-5-4-6-14(23)16-19-11-20-21-16/h10-12,14H,4-9H2,1-3H3,(H,19,20,21)/t14-/m0/s1. The van der Waals surface area contributed by atoms with Crippen LogP contribution in [0.1, 0.15) is 86.8 Å². The van der Waals surface area contributed by atoms with E-state index in [9.17, 15) is 4.79 Å². The zero-order valence-electron chi connectivity index (χ0n) is 15.2. The first-order valence-electron chi connectivity index (χ1n) is 9.22. The van der Waals surface area contributed by atoms with Crippen molar-refractivity contribution in [1.82, 2.24) is 29.9 Å². The van der Waals surface area contributed by atoms with Gasteiger partial charge in [-0.05, 0) is 58.9 Å². The van der Waals surface area contributed by atoms with Crippen LogP contribution < -0.4 is 0 Å². The summed E-state index contributed by atoms with van der Waals surface area (Å²) in [5.41, 5.74) is 1.63. The minimum absolute atomic E-state index is 0.00556. The molecule has 0 unspecified atom stereocenters. The number of amides is 1. The highest BCUT2D eigenvalue weighted by molar-refractivity contribution is 5.92. The normalized spacial score (nSPS) is 21.6. The third kappa shape index (κ3) is 3.07. The summed E-state index contributed by atoms with van der Waals surface area (Å²) < 4.78 is 2.05. The second kappa shape index (κ2) is 5.97. The SMILES string of the molecule is CC(C)(C)n1nc(C(=O)N2CCCC[C@H]2c2ncn[nH]2)cc1C1CC1. The minimum Gasteiger partial charge on any atom is -0.327 e. The summed E-state index contributed by atoms with van der Waals surface area (Å²) in [6.07, 6.45) is 6.92. The molecule has 1 saturated carbocycles. The Labute approximate surface area is 147 Å². The fraction of sp³-hybridized carbons (Fsp3) is 0.667. The van der Waals surface area contributed by atoms with Crippen molar-refractivity contribution >= 4 is 5.91 Å². The van der Waals surface area contributed by atoms with Crippen LogP contribution >= 0.6 is 0 Å². The number of rotatable bonds is 3. The zero-order valence-corrected chi connectivity index (χ0v) is 15.2. The molecule has 4 rings (SSSR count). The molecule has 1 aliphatic carbocycles. The van der Waals surface area contributed by atoms with Gasteiger partial charge in [-0.25, -0.2) is 4.98 Å². The first kappa shape index (κ1) is 16.3. The summed E-state index contributed by atoms with van der Waals surface area (Å²) in [5.74, 6) is 1.33. The number of nitrogens with zero attached hydrogens (tertiary/aromatic N) is 5. The molecule has 0 aromatic carbocycles. The Kier molecular flexibility index (Phi) is 3.89. The molecule has 2 aromatic rings. The predicted octanol–water partition coefficient (Wildman–Crippen LogP) is 3.00. The van der Waals surface area contributed by atoms with E-state index < -0.39 is 0 Å². The van der Waals surface area contributed by atoms with E-state index in [4.69, 9.17) is 5.10 Å². The Bertz CT molecular complexity index is 753. The number of likely N-dealkylation sites (tertiary alicyclic amines) is 1. The third-order valence-electron chi connectivity index (χ3n) is 5.10. The number of carbonyl (C=O) groups is 1. The average molecular weight is 342 g/mol. The maximum Gasteiger partial charge on any atom is 0.274 e. The lowest BCUT2D eigenvalue weighted by molar-refractivity contribution is 0.0592. The molecule has 2 aliphatic rings. The molecule has 7 nitrogen and oxygen atoms in total. The average Bonchev–Trinajstić information content (AvgIpc) is 3.12. The van der Waals surface area contributed by atoms with Gasteiger partial charge in [0.15, 0.2) is 5.69 Å². The van der Waals surface area contributed by atoms with Crippen LogP contribution in [0.2, 0.25) is 0 Å². The van der Waals surface area contributed by atoms with Crippen molar-refractivity contribution in [2.45, 2.75) is 70.4 Å². The van der Waals surface area contributed by atoms with Gasteiger partial charge in [0.05, 0.1) is 11.6 Å². The molecule has 0 bridgehead atoms. The van der Waals surface area contributed by atoms with E-state index in [1.54, 1.807) is 0 Å². The minimum atomic E-state index is -0.122. The number of nitrogens with one attached hydrogen (secondary N) is 1. The summed E-state index contributed by atoms with van der Waals surface area (Å²) in [6, 6.07) is 1.98.